The van der Waals surface area contributed by atoms with Gasteiger partial charge in [0.15, 0.2) is 0 Å². The van der Waals surface area contributed by atoms with Crippen molar-refractivity contribution < 1.29 is 19.1 Å². The molecule has 0 aliphatic rings. The number of hydrogen-bond donors (Lipinski definition) is 1. The van der Waals surface area contributed by atoms with E-state index >= 15 is 0 Å². The second-order valence-electron chi connectivity index (χ2n) is 8.85. The van der Waals surface area contributed by atoms with E-state index in [1.165, 1.54) is 13.0 Å². The summed E-state index contributed by atoms with van der Waals surface area (Å²) in [7, 11) is -2.17. The van der Waals surface area contributed by atoms with Crippen LogP contribution in [0.15, 0.2) is 11.6 Å². The Morgan fingerprint density at radius 3 is 1.58 bits per heavy atom. The molecule has 0 saturated carbocycles. The molecule has 0 atom stereocenters. The topological polar surface area (TPSA) is 63.6 Å². The summed E-state index contributed by atoms with van der Waals surface area (Å²) in [6.07, 6.45) is 4.77. The van der Waals surface area contributed by atoms with Crippen LogP contribution in [0.1, 0.15) is 74.1 Å². The maximum absolute atomic E-state index is 12.5. The summed E-state index contributed by atoms with van der Waals surface area (Å²) in [6.45, 7) is 14.8. The summed E-state index contributed by atoms with van der Waals surface area (Å²) in [5.74, 6) is 0.530. The van der Waals surface area contributed by atoms with Gasteiger partial charge in [-0.15, -0.1) is 0 Å². The minimum Gasteiger partial charge on any atom is -0.519 e. The molecule has 0 amide bonds. The third kappa shape index (κ3) is 11.5. The maximum Gasteiger partial charge on any atom is 0.330 e. The zero-order valence-electron chi connectivity index (χ0n) is 17.9. The molecule has 0 aromatic heterocycles. The summed E-state index contributed by atoms with van der Waals surface area (Å²) >= 11 is 0. The number of aliphatic carboxylic acids is 1. The highest BCUT2D eigenvalue weighted by Crippen LogP contribution is 2.32. The minimum absolute atomic E-state index is 0.0535. The van der Waals surface area contributed by atoms with Gasteiger partial charge in [0.05, 0.1) is 6.42 Å². The molecule has 0 fully saturated rings. The van der Waals surface area contributed by atoms with E-state index in [1.54, 1.807) is 0 Å². The van der Waals surface area contributed by atoms with Gasteiger partial charge in [0.1, 0.15) is 0 Å². The van der Waals surface area contributed by atoms with Crippen LogP contribution in [0.3, 0.4) is 0 Å². The van der Waals surface area contributed by atoms with Crippen LogP contribution in [0.2, 0.25) is 18.1 Å². The first-order valence-corrected chi connectivity index (χ1v) is 12.6. The molecule has 0 saturated heterocycles. The monoisotopic (exact) mass is 384 g/mol. The van der Waals surface area contributed by atoms with E-state index in [1.807, 2.05) is 0 Å². The number of carbonyl (C=O) groups is 2. The van der Waals surface area contributed by atoms with Crippen molar-refractivity contribution in [3.63, 3.8) is 0 Å². The molecule has 1 N–H and O–H groups in total. The van der Waals surface area contributed by atoms with E-state index in [2.05, 4.69) is 41.5 Å². The van der Waals surface area contributed by atoms with E-state index in [4.69, 9.17) is 9.53 Å². The molecule has 0 unspecified atom stereocenters. The van der Waals surface area contributed by atoms with Gasteiger partial charge in [-0.25, -0.2) is 4.79 Å². The van der Waals surface area contributed by atoms with Crippen molar-refractivity contribution in [3.05, 3.63) is 11.6 Å². The Morgan fingerprint density at radius 1 is 0.885 bits per heavy atom. The number of carboxylic acid groups (broad SMARTS) is 1. The molecule has 0 spiro atoms. The Hall–Kier alpha value is -1.10. The van der Waals surface area contributed by atoms with Crippen molar-refractivity contribution in [1.29, 1.82) is 0 Å². The fourth-order valence-corrected chi connectivity index (χ4v) is 7.72. The van der Waals surface area contributed by atoms with Gasteiger partial charge in [-0.2, -0.15) is 0 Å². The molecular formula is C21H40O4Si. The maximum atomic E-state index is 12.5. The predicted molar refractivity (Wildman–Crippen MR) is 111 cm³/mol. The van der Waals surface area contributed by atoms with Gasteiger partial charge < -0.3 is 9.53 Å². The Balaban J connectivity index is 5.28. The van der Waals surface area contributed by atoms with Crippen LogP contribution in [-0.4, -0.2) is 25.4 Å². The molecule has 152 valence electrons. The van der Waals surface area contributed by atoms with Gasteiger partial charge in [-0.1, -0.05) is 66.9 Å². The van der Waals surface area contributed by atoms with Crippen LogP contribution >= 0.6 is 0 Å². The molecule has 0 aromatic rings. The Bertz CT molecular complexity index is 435. The second kappa shape index (κ2) is 12.3. The molecule has 26 heavy (non-hydrogen) atoms. The number of carboxylic acids is 1. The lowest BCUT2D eigenvalue weighted by Crippen LogP contribution is -2.41. The third-order valence-electron chi connectivity index (χ3n) is 4.77. The van der Waals surface area contributed by atoms with Crippen molar-refractivity contribution in [2.45, 2.75) is 92.3 Å². The zero-order valence-corrected chi connectivity index (χ0v) is 18.9. The highest BCUT2D eigenvalue weighted by molar-refractivity contribution is 6.75. The lowest BCUT2D eigenvalue weighted by Gasteiger charge is -2.33. The number of rotatable bonds is 13. The van der Waals surface area contributed by atoms with Crippen LogP contribution < -0.4 is 0 Å². The van der Waals surface area contributed by atoms with Crippen LogP contribution in [0, 0.1) is 17.8 Å². The molecule has 0 aromatic carbocycles. The SMILES string of the molecule is CC(=CCC(=O)O[Si](CCC(C)C)(CCC(C)C)CCC(C)C)C(=O)O. The largest absolute Gasteiger partial charge is 0.519 e. The number of carbonyl (C=O) groups excluding carboxylic acids is 1. The van der Waals surface area contributed by atoms with Gasteiger partial charge in [-0.05, 0) is 42.8 Å². The second-order valence-corrected chi connectivity index (χ2v) is 12.9. The molecule has 0 aliphatic carbocycles. The predicted octanol–water partition coefficient (Wildman–Crippen LogP) is 6.03. The van der Waals surface area contributed by atoms with Crippen LogP contribution in [0.5, 0.6) is 0 Å². The van der Waals surface area contributed by atoms with E-state index < -0.39 is 14.3 Å². The van der Waals surface area contributed by atoms with Crippen molar-refractivity contribution in [2.75, 3.05) is 0 Å². The molecular weight excluding hydrogens is 344 g/mol. The minimum atomic E-state index is -2.17. The van der Waals surface area contributed by atoms with Crippen molar-refractivity contribution in [3.8, 4) is 0 Å². The smallest absolute Gasteiger partial charge is 0.330 e. The van der Waals surface area contributed by atoms with Crippen molar-refractivity contribution in [2.24, 2.45) is 17.8 Å². The van der Waals surface area contributed by atoms with E-state index in [-0.39, 0.29) is 18.0 Å². The molecule has 0 bridgehead atoms. The molecule has 0 radical (unpaired) electrons. The summed E-state index contributed by atoms with van der Waals surface area (Å²) < 4.78 is 6.18. The lowest BCUT2D eigenvalue weighted by atomic mass is 10.2. The first-order valence-electron chi connectivity index (χ1n) is 10.1. The Morgan fingerprint density at radius 2 is 1.27 bits per heavy atom. The van der Waals surface area contributed by atoms with Crippen LogP contribution in [-0.2, 0) is 14.0 Å². The third-order valence-corrected chi connectivity index (χ3v) is 9.03. The van der Waals surface area contributed by atoms with E-state index in [0.29, 0.717) is 17.8 Å². The summed E-state index contributed by atoms with van der Waals surface area (Å²) in [4.78, 5) is 23.4. The zero-order chi connectivity index (χ0) is 20.3. The van der Waals surface area contributed by atoms with Gasteiger partial charge in [0, 0.05) is 5.57 Å². The summed E-state index contributed by atoms with van der Waals surface area (Å²) in [5.41, 5.74) is 0.195. The van der Waals surface area contributed by atoms with Crippen molar-refractivity contribution in [1.82, 2.24) is 0 Å². The fourth-order valence-electron chi connectivity index (χ4n) is 2.79. The first-order chi connectivity index (χ1) is 12.0. The first kappa shape index (κ1) is 24.9. The summed E-state index contributed by atoms with van der Waals surface area (Å²) in [6, 6.07) is 3.03. The van der Waals surface area contributed by atoms with Gasteiger partial charge in [0.25, 0.3) is 14.3 Å². The molecule has 0 heterocycles. The highest BCUT2D eigenvalue weighted by Gasteiger charge is 2.38. The average molecular weight is 385 g/mol. The quantitative estimate of drug-likeness (QED) is 0.311. The van der Waals surface area contributed by atoms with Gasteiger partial charge in [-0.3, -0.25) is 4.79 Å². The highest BCUT2D eigenvalue weighted by atomic mass is 28.4. The van der Waals surface area contributed by atoms with Crippen LogP contribution in [0.4, 0.5) is 0 Å². The molecule has 4 nitrogen and oxygen atoms in total. The molecule has 0 aliphatic heterocycles. The van der Waals surface area contributed by atoms with E-state index in [9.17, 15) is 9.59 Å². The molecule has 0 rings (SSSR count). The molecule has 5 heteroatoms. The standard InChI is InChI=1S/C21H40O4Si/c1-16(2)10-13-26(14-11-17(3)4,15-12-18(5)6)25-20(22)9-8-19(7)21(23)24/h8,16-18H,9-15H2,1-7H3,(H,23,24). The van der Waals surface area contributed by atoms with Crippen molar-refractivity contribution >= 4 is 20.3 Å². The van der Waals surface area contributed by atoms with E-state index in [0.717, 1.165) is 37.4 Å². The normalized spacial score (nSPS) is 12.9. The van der Waals surface area contributed by atoms with Crippen LogP contribution in [0.25, 0.3) is 0 Å². The summed E-state index contributed by atoms with van der Waals surface area (Å²) in [5, 5.41) is 8.95. The number of hydrogen-bond acceptors (Lipinski definition) is 3. The van der Waals surface area contributed by atoms with Gasteiger partial charge in [0.2, 0.25) is 0 Å². The lowest BCUT2D eigenvalue weighted by molar-refractivity contribution is -0.134. The average Bonchev–Trinajstić information content (AvgIpc) is 2.53. The van der Waals surface area contributed by atoms with Gasteiger partial charge >= 0.3 is 5.97 Å². The fraction of sp³-hybridized carbons (Fsp3) is 0.810. The Kier molecular flexibility index (Phi) is 11.8. The Labute approximate surface area is 161 Å².